The Labute approximate surface area is 96.4 Å². The minimum Gasteiger partial charge on any atom is -0.481 e. The Morgan fingerprint density at radius 1 is 1.31 bits per heavy atom. The van der Waals surface area contributed by atoms with Crippen LogP contribution in [-0.2, 0) is 14.3 Å². The molecule has 0 aromatic carbocycles. The minimum absolute atomic E-state index is 0.0925. The van der Waals surface area contributed by atoms with Gasteiger partial charge in [0.05, 0.1) is 12.3 Å². The molecule has 0 aliphatic heterocycles. The number of hydrogen-bond acceptors (Lipinski definition) is 4. The van der Waals surface area contributed by atoms with Gasteiger partial charge in [-0.1, -0.05) is 0 Å². The molecule has 0 saturated heterocycles. The Morgan fingerprint density at radius 2 is 1.81 bits per heavy atom. The molecule has 0 spiro atoms. The second-order valence-corrected chi connectivity index (χ2v) is 5.09. The maximum atomic E-state index is 11.5. The SMILES string of the molecule is CN(C)C[C@@H](CC(=O)OC(C)(C)C)C(=O)O. The van der Waals surface area contributed by atoms with Crippen molar-refractivity contribution in [3.05, 3.63) is 0 Å². The van der Waals surface area contributed by atoms with E-state index < -0.39 is 23.5 Å². The van der Waals surface area contributed by atoms with E-state index in [9.17, 15) is 9.59 Å². The summed E-state index contributed by atoms with van der Waals surface area (Å²) in [5.74, 6) is -2.16. The fourth-order valence-electron chi connectivity index (χ4n) is 1.26. The minimum atomic E-state index is -0.973. The number of carboxylic acid groups (broad SMARTS) is 1. The highest BCUT2D eigenvalue weighted by atomic mass is 16.6. The monoisotopic (exact) mass is 231 g/mol. The highest BCUT2D eigenvalue weighted by molar-refractivity contribution is 5.79. The second-order valence-electron chi connectivity index (χ2n) is 5.09. The van der Waals surface area contributed by atoms with E-state index in [0.717, 1.165) is 0 Å². The molecule has 5 nitrogen and oxygen atoms in total. The van der Waals surface area contributed by atoms with Gasteiger partial charge in [0.1, 0.15) is 5.60 Å². The van der Waals surface area contributed by atoms with Gasteiger partial charge in [-0.25, -0.2) is 0 Å². The number of hydrogen-bond donors (Lipinski definition) is 1. The summed E-state index contributed by atoms with van der Waals surface area (Å²) >= 11 is 0. The van der Waals surface area contributed by atoms with Gasteiger partial charge >= 0.3 is 11.9 Å². The smallest absolute Gasteiger partial charge is 0.308 e. The number of nitrogens with zero attached hydrogens (tertiary/aromatic N) is 1. The van der Waals surface area contributed by atoms with Crippen molar-refractivity contribution in [2.75, 3.05) is 20.6 Å². The molecule has 16 heavy (non-hydrogen) atoms. The first kappa shape index (κ1) is 14.9. The lowest BCUT2D eigenvalue weighted by Gasteiger charge is -2.22. The summed E-state index contributed by atoms with van der Waals surface area (Å²) in [6.07, 6.45) is -0.0925. The summed E-state index contributed by atoms with van der Waals surface area (Å²) < 4.78 is 5.08. The Bertz CT molecular complexity index is 255. The van der Waals surface area contributed by atoms with Gasteiger partial charge in [-0.05, 0) is 34.9 Å². The van der Waals surface area contributed by atoms with Gasteiger partial charge in [-0.3, -0.25) is 9.59 Å². The molecule has 0 aromatic rings. The van der Waals surface area contributed by atoms with Gasteiger partial charge in [-0.15, -0.1) is 0 Å². The van der Waals surface area contributed by atoms with Gasteiger partial charge < -0.3 is 14.7 Å². The predicted molar refractivity (Wildman–Crippen MR) is 60.1 cm³/mol. The highest BCUT2D eigenvalue weighted by Gasteiger charge is 2.25. The number of carboxylic acids is 1. The molecule has 0 heterocycles. The summed E-state index contributed by atoms with van der Waals surface area (Å²) in [5, 5.41) is 8.93. The number of carbonyl (C=O) groups excluding carboxylic acids is 1. The number of aliphatic carboxylic acids is 1. The maximum absolute atomic E-state index is 11.5. The van der Waals surface area contributed by atoms with Crippen LogP contribution in [0.4, 0.5) is 0 Å². The van der Waals surface area contributed by atoms with Crippen LogP contribution >= 0.6 is 0 Å². The lowest BCUT2D eigenvalue weighted by molar-refractivity contribution is -0.160. The fraction of sp³-hybridized carbons (Fsp3) is 0.818. The van der Waals surface area contributed by atoms with E-state index in [4.69, 9.17) is 9.84 Å². The lowest BCUT2D eigenvalue weighted by atomic mass is 10.1. The van der Waals surface area contributed by atoms with Crippen LogP contribution in [0.3, 0.4) is 0 Å². The Kier molecular flexibility index (Phi) is 5.44. The van der Waals surface area contributed by atoms with Gasteiger partial charge in [-0.2, -0.15) is 0 Å². The quantitative estimate of drug-likeness (QED) is 0.714. The number of carbonyl (C=O) groups is 2. The first-order valence-electron chi connectivity index (χ1n) is 5.21. The molecule has 0 aromatic heterocycles. The van der Waals surface area contributed by atoms with E-state index in [0.29, 0.717) is 6.54 Å². The third-order valence-electron chi connectivity index (χ3n) is 1.77. The van der Waals surface area contributed by atoms with Crippen LogP contribution in [-0.4, -0.2) is 48.2 Å². The van der Waals surface area contributed by atoms with E-state index in [1.54, 1.807) is 39.8 Å². The molecule has 0 fully saturated rings. The van der Waals surface area contributed by atoms with Crippen LogP contribution in [0.5, 0.6) is 0 Å². The largest absolute Gasteiger partial charge is 0.481 e. The number of esters is 1. The van der Waals surface area contributed by atoms with Crippen molar-refractivity contribution in [1.29, 1.82) is 0 Å². The molecule has 0 aliphatic rings. The number of rotatable bonds is 5. The molecule has 0 bridgehead atoms. The van der Waals surface area contributed by atoms with E-state index >= 15 is 0 Å². The van der Waals surface area contributed by atoms with Gasteiger partial charge in [0.15, 0.2) is 0 Å². The lowest BCUT2D eigenvalue weighted by Crippen LogP contribution is -2.32. The van der Waals surface area contributed by atoms with Crippen molar-refractivity contribution >= 4 is 11.9 Å². The van der Waals surface area contributed by atoms with Crippen LogP contribution in [0, 0.1) is 5.92 Å². The maximum Gasteiger partial charge on any atom is 0.308 e. The van der Waals surface area contributed by atoms with Crippen LogP contribution in [0.15, 0.2) is 0 Å². The summed E-state index contributed by atoms with van der Waals surface area (Å²) in [6.45, 7) is 5.60. The second kappa shape index (κ2) is 5.84. The van der Waals surface area contributed by atoms with Crippen molar-refractivity contribution in [2.45, 2.75) is 32.8 Å². The van der Waals surface area contributed by atoms with E-state index in [-0.39, 0.29) is 6.42 Å². The molecule has 0 aliphatic carbocycles. The zero-order valence-corrected chi connectivity index (χ0v) is 10.6. The fourth-order valence-corrected chi connectivity index (χ4v) is 1.26. The van der Waals surface area contributed by atoms with Crippen molar-refractivity contribution in [2.24, 2.45) is 5.92 Å². The molecule has 0 saturated carbocycles. The van der Waals surface area contributed by atoms with Crippen LogP contribution < -0.4 is 0 Å². The van der Waals surface area contributed by atoms with E-state index in [1.807, 2.05) is 0 Å². The molecule has 94 valence electrons. The predicted octanol–water partition coefficient (Wildman–Crippen LogP) is 0.981. The van der Waals surface area contributed by atoms with Crippen molar-refractivity contribution in [3.8, 4) is 0 Å². The average molecular weight is 231 g/mol. The Morgan fingerprint density at radius 3 is 2.12 bits per heavy atom. The van der Waals surface area contributed by atoms with Crippen LogP contribution in [0.25, 0.3) is 0 Å². The van der Waals surface area contributed by atoms with E-state index in [2.05, 4.69) is 0 Å². The molecule has 0 unspecified atom stereocenters. The molecule has 1 atom stereocenters. The molecule has 5 heteroatoms. The van der Waals surface area contributed by atoms with E-state index in [1.165, 1.54) is 0 Å². The average Bonchev–Trinajstić information content (AvgIpc) is 1.97. The molecule has 0 radical (unpaired) electrons. The first-order valence-corrected chi connectivity index (χ1v) is 5.21. The Hall–Kier alpha value is -1.10. The third-order valence-corrected chi connectivity index (χ3v) is 1.77. The normalized spacial score (nSPS) is 13.6. The summed E-state index contributed by atoms with van der Waals surface area (Å²) in [4.78, 5) is 24.1. The molecule has 0 amide bonds. The number of ether oxygens (including phenoxy) is 1. The van der Waals surface area contributed by atoms with Crippen molar-refractivity contribution in [3.63, 3.8) is 0 Å². The molecule has 0 rings (SSSR count). The summed E-state index contributed by atoms with van der Waals surface area (Å²) in [6, 6.07) is 0. The van der Waals surface area contributed by atoms with Gasteiger partial charge in [0.2, 0.25) is 0 Å². The molecular weight excluding hydrogens is 210 g/mol. The zero-order chi connectivity index (χ0) is 12.9. The summed E-state index contributed by atoms with van der Waals surface area (Å²) in [7, 11) is 3.54. The Balaban J connectivity index is 4.30. The standard InChI is InChI=1S/C11H21NO4/c1-11(2,3)16-9(13)6-8(10(14)15)7-12(4)5/h8H,6-7H2,1-5H3,(H,14,15)/t8-/m1/s1. The van der Waals surface area contributed by atoms with Crippen molar-refractivity contribution in [1.82, 2.24) is 4.90 Å². The van der Waals surface area contributed by atoms with Crippen molar-refractivity contribution < 1.29 is 19.4 Å². The highest BCUT2D eigenvalue weighted by Crippen LogP contribution is 2.12. The molecular formula is C11H21NO4. The molecule has 1 N–H and O–H groups in total. The van der Waals surface area contributed by atoms with Crippen LogP contribution in [0.1, 0.15) is 27.2 Å². The van der Waals surface area contributed by atoms with Crippen LogP contribution in [0.2, 0.25) is 0 Å². The topological polar surface area (TPSA) is 66.8 Å². The third kappa shape index (κ3) is 7.23. The zero-order valence-electron chi connectivity index (χ0n) is 10.6. The summed E-state index contributed by atoms with van der Waals surface area (Å²) in [5.41, 5.74) is -0.571. The first-order chi connectivity index (χ1) is 7.11. The van der Waals surface area contributed by atoms with Gasteiger partial charge in [0, 0.05) is 6.54 Å². The van der Waals surface area contributed by atoms with Gasteiger partial charge in [0.25, 0.3) is 0 Å².